The molecule has 9 nitrogen and oxygen atoms in total. The van der Waals surface area contributed by atoms with E-state index in [1.54, 1.807) is 24.3 Å². The number of carbonyl (C=O) groups is 2. The molecule has 0 unspecified atom stereocenters. The summed E-state index contributed by atoms with van der Waals surface area (Å²) in [7, 11) is 0. The van der Waals surface area contributed by atoms with Gasteiger partial charge >= 0.3 is 17.8 Å². The Hall–Kier alpha value is -4.66. The Morgan fingerprint density at radius 1 is 1.00 bits per heavy atom. The Bertz CT molecular complexity index is 1390. The number of ether oxygens (including phenoxy) is 1. The fourth-order valence-electron chi connectivity index (χ4n) is 4.37. The summed E-state index contributed by atoms with van der Waals surface area (Å²) in [6, 6.07) is 21.5. The number of nitrogens with zero attached hydrogens (tertiary/aromatic N) is 1. The van der Waals surface area contributed by atoms with Gasteiger partial charge in [-0.05, 0) is 27.8 Å². The van der Waals surface area contributed by atoms with Gasteiger partial charge in [0.2, 0.25) is 0 Å². The molecule has 0 fully saturated rings. The number of carboxylic acids is 1. The van der Waals surface area contributed by atoms with Crippen LogP contribution in [0.1, 0.15) is 22.6 Å². The van der Waals surface area contributed by atoms with Crippen molar-refractivity contribution in [2.45, 2.75) is 18.4 Å². The first-order chi connectivity index (χ1) is 17.0. The molecule has 9 heteroatoms. The molecule has 1 aliphatic carbocycles. The fraction of sp³-hybridized carbons (Fsp3) is 0.154. The first-order valence-corrected chi connectivity index (χ1v) is 11.0. The maximum Gasteiger partial charge on any atom is 0.439 e. The second kappa shape index (κ2) is 9.30. The number of nitrogens with one attached hydrogen (secondary N) is 2. The summed E-state index contributed by atoms with van der Waals surface area (Å²) in [5.74, 6) is -1.69. The van der Waals surface area contributed by atoms with Crippen molar-refractivity contribution in [2.24, 2.45) is 0 Å². The van der Waals surface area contributed by atoms with E-state index in [2.05, 4.69) is 20.0 Å². The molecule has 3 aromatic carbocycles. The summed E-state index contributed by atoms with van der Waals surface area (Å²) in [4.78, 5) is 37.9. The first kappa shape index (κ1) is 22.1. The van der Waals surface area contributed by atoms with Crippen molar-refractivity contribution >= 4 is 12.1 Å². The molecule has 0 spiro atoms. The molecule has 176 valence electrons. The van der Waals surface area contributed by atoms with Gasteiger partial charge in [0.1, 0.15) is 12.6 Å². The number of benzene rings is 3. The number of fused-ring (bicyclic) bond motifs is 3. The number of alkyl carbamates (subject to hydrolysis) is 1. The number of aromatic amines is 1. The number of aromatic nitrogens is 2. The Morgan fingerprint density at radius 3 is 2.20 bits per heavy atom. The summed E-state index contributed by atoms with van der Waals surface area (Å²) in [6.45, 7) is 0.0940. The van der Waals surface area contributed by atoms with Gasteiger partial charge in [0, 0.05) is 17.9 Å². The molecule has 1 aromatic heterocycles. The van der Waals surface area contributed by atoms with Gasteiger partial charge in [0.15, 0.2) is 5.82 Å². The molecule has 1 heterocycles. The van der Waals surface area contributed by atoms with Crippen LogP contribution in [-0.4, -0.2) is 40.0 Å². The first-order valence-electron chi connectivity index (χ1n) is 11.0. The number of carboxylic acid groups (broad SMARTS) is 1. The molecule has 5 rings (SSSR count). The highest BCUT2D eigenvalue weighted by Crippen LogP contribution is 2.44. The lowest BCUT2D eigenvalue weighted by Crippen LogP contribution is -2.42. The van der Waals surface area contributed by atoms with Crippen LogP contribution in [0.4, 0.5) is 4.79 Å². The van der Waals surface area contributed by atoms with E-state index >= 15 is 0 Å². The maximum absolute atomic E-state index is 12.5. The molecule has 1 atom stereocenters. The highest BCUT2D eigenvalue weighted by atomic mass is 16.5. The molecule has 0 saturated carbocycles. The Balaban J connectivity index is 1.23. The van der Waals surface area contributed by atoms with Crippen LogP contribution in [0.15, 0.2) is 82.1 Å². The number of hydrogen-bond acceptors (Lipinski definition) is 6. The van der Waals surface area contributed by atoms with Crippen molar-refractivity contribution < 1.29 is 24.0 Å². The fourth-order valence-corrected chi connectivity index (χ4v) is 4.37. The molecule has 35 heavy (non-hydrogen) atoms. The third-order valence-electron chi connectivity index (χ3n) is 6.04. The highest BCUT2D eigenvalue weighted by molar-refractivity contribution is 5.81. The van der Waals surface area contributed by atoms with Gasteiger partial charge in [-0.2, -0.15) is 0 Å². The van der Waals surface area contributed by atoms with E-state index in [-0.39, 0.29) is 24.8 Å². The van der Waals surface area contributed by atoms with E-state index in [9.17, 15) is 19.5 Å². The van der Waals surface area contributed by atoms with Gasteiger partial charge < -0.3 is 15.2 Å². The second-order valence-electron chi connectivity index (χ2n) is 8.21. The Morgan fingerprint density at radius 2 is 1.63 bits per heavy atom. The second-order valence-corrected chi connectivity index (χ2v) is 8.21. The third kappa shape index (κ3) is 4.56. The van der Waals surface area contributed by atoms with E-state index in [1.807, 2.05) is 48.5 Å². The molecule has 0 bridgehead atoms. The third-order valence-corrected chi connectivity index (χ3v) is 6.04. The summed E-state index contributed by atoms with van der Waals surface area (Å²) >= 11 is 0. The Kier molecular flexibility index (Phi) is 5.88. The van der Waals surface area contributed by atoms with E-state index < -0.39 is 23.9 Å². The van der Waals surface area contributed by atoms with Crippen LogP contribution >= 0.6 is 0 Å². The molecule has 0 radical (unpaired) electrons. The molecular weight excluding hydrogens is 450 g/mol. The van der Waals surface area contributed by atoms with Crippen molar-refractivity contribution in [2.75, 3.05) is 6.61 Å². The van der Waals surface area contributed by atoms with Gasteiger partial charge in [-0.15, -0.1) is 0 Å². The number of aliphatic carboxylic acids is 1. The standard InChI is InChI=1S/C26H21N3O6/c30-24(31)22(13-15-9-11-16(12-10-15)23-28-26(33)35-29-23)27-25(32)34-14-21-19-7-3-1-5-17(19)18-6-2-4-8-20(18)21/h1-12,21-22H,13-14H2,(H,27,32)(H,30,31)(H,28,29,33)/t22-/m0/s1. The highest BCUT2D eigenvalue weighted by Gasteiger charge is 2.29. The topological polar surface area (TPSA) is 135 Å². The number of H-pyrrole nitrogens is 1. The number of hydrogen-bond donors (Lipinski definition) is 3. The summed E-state index contributed by atoms with van der Waals surface area (Å²) < 4.78 is 9.96. The molecule has 4 aromatic rings. The van der Waals surface area contributed by atoms with Gasteiger partial charge in [-0.3, -0.25) is 9.51 Å². The molecular formula is C26H21N3O6. The number of rotatable bonds is 7. The van der Waals surface area contributed by atoms with Crippen LogP contribution in [-0.2, 0) is 16.0 Å². The monoisotopic (exact) mass is 471 g/mol. The molecule has 0 saturated heterocycles. The molecule has 1 amide bonds. The SMILES string of the molecule is O=C(N[C@@H](Cc1ccc(-c2noc(=O)[nH]2)cc1)C(=O)O)OCC1c2ccccc2-c2ccccc21. The zero-order chi connectivity index (χ0) is 24.4. The predicted molar refractivity (Wildman–Crippen MR) is 126 cm³/mol. The van der Waals surface area contributed by atoms with Crippen molar-refractivity contribution in [1.82, 2.24) is 15.5 Å². The Labute approximate surface area is 199 Å². The smallest absolute Gasteiger partial charge is 0.439 e. The predicted octanol–water partition coefficient (Wildman–Crippen LogP) is 3.56. The lowest BCUT2D eigenvalue weighted by atomic mass is 9.98. The summed E-state index contributed by atoms with van der Waals surface area (Å²) in [6.07, 6.45) is -0.745. The van der Waals surface area contributed by atoms with Gasteiger partial charge in [-0.25, -0.2) is 14.4 Å². The van der Waals surface area contributed by atoms with Crippen molar-refractivity contribution in [3.63, 3.8) is 0 Å². The zero-order valence-electron chi connectivity index (χ0n) is 18.4. The minimum Gasteiger partial charge on any atom is -0.480 e. The van der Waals surface area contributed by atoms with Crippen LogP contribution in [0.25, 0.3) is 22.5 Å². The number of carbonyl (C=O) groups excluding carboxylic acids is 1. The number of amides is 1. The van der Waals surface area contributed by atoms with Crippen molar-refractivity contribution in [1.29, 1.82) is 0 Å². The van der Waals surface area contributed by atoms with Crippen LogP contribution < -0.4 is 11.1 Å². The zero-order valence-corrected chi connectivity index (χ0v) is 18.4. The lowest BCUT2D eigenvalue weighted by Gasteiger charge is -2.17. The average molecular weight is 471 g/mol. The quantitative estimate of drug-likeness (QED) is 0.375. The average Bonchev–Trinajstić information content (AvgIpc) is 3.44. The molecule has 0 aliphatic heterocycles. The van der Waals surface area contributed by atoms with Gasteiger partial charge in [-0.1, -0.05) is 78.0 Å². The summed E-state index contributed by atoms with van der Waals surface area (Å²) in [5.41, 5.74) is 5.65. The van der Waals surface area contributed by atoms with Crippen molar-refractivity contribution in [3.8, 4) is 22.5 Å². The van der Waals surface area contributed by atoms with E-state index in [4.69, 9.17) is 4.74 Å². The van der Waals surface area contributed by atoms with E-state index in [0.717, 1.165) is 22.3 Å². The van der Waals surface area contributed by atoms with E-state index in [0.29, 0.717) is 11.1 Å². The van der Waals surface area contributed by atoms with Crippen LogP contribution in [0.5, 0.6) is 0 Å². The normalized spacial score (nSPS) is 13.0. The molecule has 1 aliphatic rings. The van der Waals surface area contributed by atoms with Crippen LogP contribution in [0.3, 0.4) is 0 Å². The summed E-state index contributed by atoms with van der Waals surface area (Å²) in [5, 5.41) is 15.7. The minimum atomic E-state index is -1.18. The maximum atomic E-state index is 12.5. The van der Waals surface area contributed by atoms with Gasteiger partial charge in [0.25, 0.3) is 0 Å². The van der Waals surface area contributed by atoms with Crippen molar-refractivity contribution in [3.05, 3.63) is 100 Å². The molecule has 3 N–H and O–H groups in total. The van der Waals surface area contributed by atoms with Gasteiger partial charge in [0.05, 0.1) is 0 Å². The van der Waals surface area contributed by atoms with Crippen LogP contribution in [0, 0.1) is 0 Å². The lowest BCUT2D eigenvalue weighted by molar-refractivity contribution is -0.139. The minimum absolute atomic E-state index is 0.0507. The van der Waals surface area contributed by atoms with E-state index in [1.165, 1.54) is 0 Å². The largest absolute Gasteiger partial charge is 0.480 e. The van der Waals surface area contributed by atoms with Crippen LogP contribution in [0.2, 0.25) is 0 Å².